The lowest BCUT2D eigenvalue weighted by molar-refractivity contribution is -0.129. The average molecular weight is 346 g/mol. The summed E-state index contributed by atoms with van der Waals surface area (Å²) in [6, 6.07) is 3.85. The minimum Gasteiger partial charge on any atom is -0.379 e. The summed E-state index contributed by atoms with van der Waals surface area (Å²) in [5.74, 6) is -0.254. The molecule has 0 bridgehead atoms. The van der Waals surface area contributed by atoms with Crippen LogP contribution in [0.4, 0.5) is 0 Å². The average Bonchev–Trinajstić information content (AvgIpc) is 3.01. The second-order valence-corrected chi connectivity index (χ2v) is 6.68. The molecule has 1 atom stereocenters. The molecule has 1 aromatic rings. The van der Waals surface area contributed by atoms with Crippen molar-refractivity contribution in [1.82, 2.24) is 20.1 Å². The molecular formula is C18H26N4O3. The molecule has 7 nitrogen and oxygen atoms in total. The molecule has 136 valence electrons. The molecule has 0 radical (unpaired) electrons. The predicted octanol–water partition coefficient (Wildman–Crippen LogP) is 0.187. The first-order valence-corrected chi connectivity index (χ1v) is 8.89. The van der Waals surface area contributed by atoms with E-state index in [9.17, 15) is 9.59 Å². The number of nitrogens with zero attached hydrogens (tertiary/aromatic N) is 3. The van der Waals surface area contributed by atoms with Gasteiger partial charge in [0.2, 0.25) is 11.8 Å². The molecular weight excluding hydrogens is 320 g/mol. The Labute approximate surface area is 148 Å². The molecule has 0 aliphatic carbocycles. The molecule has 25 heavy (non-hydrogen) atoms. The van der Waals surface area contributed by atoms with Crippen LogP contribution in [0.2, 0.25) is 0 Å². The van der Waals surface area contributed by atoms with Gasteiger partial charge in [0.05, 0.1) is 31.4 Å². The van der Waals surface area contributed by atoms with Gasteiger partial charge in [0.15, 0.2) is 0 Å². The van der Waals surface area contributed by atoms with Crippen molar-refractivity contribution in [2.24, 2.45) is 5.92 Å². The smallest absolute Gasteiger partial charge is 0.225 e. The first-order chi connectivity index (χ1) is 12.1. The summed E-state index contributed by atoms with van der Waals surface area (Å²) in [5, 5.41) is 2.92. The van der Waals surface area contributed by atoms with E-state index in [0.717, 1.165) is 44.1 Å². The van der Waals surface area contributed by atoms with Crippen LogP contribution < -0.4 is 5.32 Å². The predicted molar refractivity (Wildman–Crippen MR) is 92.8 cm³/mol. The number of hydrogen-bond donors (Lipinski definition) is 1. The third-order valence-corrected chi connectivity index (χ3v) is 4.92. The Morgan fingerprint density at radius 1 is 1.36 bits per heavy atom. The number of nitrogens with one attached hydrogen (secondary N) is 1. The van der Waals surface area contributed by atoms with Crippen LogP contribution in [0.25, 0.3) is 0 Å². The largest absolute Gasteiger partial charge is 0.379 e. The third kappa shape index (κ3) is 4.76. The van der Waals surface area contributed by atoms with Crippen LogP contribution in [0.1, 0.15) is 17.7 Å². The van der Waals surface area contributed by atoms with Crippen molar-refractivity contribution in [2.75, 3.05) is 45.9 Å². The van der Waals surface area contributed by atoms with Crippen molar-refractivity contribution in [3.05, 3.63) is 29.6 Å². The fourth-order valence-corrected chi connectivity index (χ4v) is 3.27. The van der Waals surface area contributed by atoms with Crippen molar-refractivity contribution in [3.8, 4) is 0 Å². The summed E-state index contributed by atoms with van der Waals surface area (Å²) < 4.78 is 5.33. The summed E-state index contributed by atoms with van der Waals surface area (Å²) in [4.78, 5) is 33.0. The number of amides is 2. The Bertz CT molecular complexity index is 616. The highest BCUT2D eigenvalue weighted by atomic mass is 16.5. The SMILES string of the molecule is Cc1cccnc1CNC(=O)[C@@H]1CC(=O)N(CCN2CCOCC2)C1. The number of rotatable bonds is 6. The molecule has 2 fully saturated rings. The first kappa shape index (κ1) is 17.8. The molecule has 2 saturated heterocycles. The minimum atomic E-state index is -0.263. The van der Waals surface area contributed by atoms with E-state index in [1.54, 1.807) is 6.20 Å². The Morgan fingerprint density at radius 2 is 2.16 bits per heavy atom. The number of hydrogen-bond acceptors (Lipinski definition) is 5. The number of ether oxygens (including phenoxy) is 1. The summed E-state index contributed by atoms with van der Waals surface area (Å²) in [5.41, 5.74) is 1.92. The number of likely N-dealkylation sites (tertiary alicyclic amines) is 1. The van der Waals surface area contributed by atoms with E-state index in [1.807, 2.05) is 24.0 Å². The normalized spacial score (nSPS) is 21.6. The lowest BCUT2D eigenvalue weighted by Gasteiger charge is -2.28. The van der Waals surface area contributed by atoms with Gasteiger partial charge in [-0.2, -0.15) is 0 Å². The molecule has 3 heterocycles. The Hall–Kier alpha value is -1.99. The van der Waals surface area contributed by atoms with Gasteiger partial charge in [-0.25, -0.2) is 0 Å². The quantitative estimate of drug-likeness (QED) is 0.796. The van der Waals surface area contributed by atoms with Crippen molar-refractivity contribution in [3.63, 3.8) is 0 Å². The maximum Gasteiger partial charge on any atom is 0.225 e. The van der Waals surface area contributed by atoms with Crippen LogP contribution >= 0.6 is 0 Å². The van der Waals surface area contributed by atoms with Crippen LogP contribution in [0.5, 0.6) is 0 Å². The standard InChI is InChI=1S/C18H26N4O3/c1-14-3-2-4-19-16(14)12-20-18(24)15-11-17(23)22(13-15)6-5-21-7-9-25-10-8-21/h2-4,15H,5-13H2,1H3,(H,20,24)/t15-/m1/s1. The fourth-order valence-electron chi connectivity index (χ4n) is 3.27. The van der Waals surface area contributed by atoms with Crippen molar-refractivity contribution in [2.45, 2.75) is 19.9 Å². The van der Waals surface area contributed by atoms with Crippen LogP contribution in [-0.2, 0) is 20.9 Å². The molecule has 0 unspecified atom stereocenters. The van der Waals surface area contributed by atoms with Crippen molar-refractivity contribution < 1.29 is 14.3 Å². The van der Waals surface area contributed by atoms with Crippen LogP contribution in [0, 0.1) is 12.8 Å². The molecule has 2 amide bonds. The topological polar surface area (TPSA) is 74.8 Å². The first-order valence-electron chi connectivity index (χ1n) is 8.89. The molecule has 0 aromatic carbocycles. The number of carbonyl (C=O) groups excluding carboxylic acids is 2. The third-order valence-electron chi connectivity index (χ3n) is 4.92. The Balaban J connectivity index is 1.44. The zero-order chi connectivity index (χ0) is 17.6. The van der Waals surface area contributed by atoms with Gasteiger partial charge in [0.25, 0.3) is 0 Å². The highest BCUT2D eigenvalue weighted by Gasteiger charge is 2.34. The highest BCUT2D eigenvalue weighted by molar-refractivity contribution is 5.89. The maximum atomic E-state index is 12.4. The fraction of sp³-hybridized carbons (Fsp3) is 0.611. The molecule has 1 N–H and O–H groups in total. The monoisotopic (exact) mass is 346 g/mol. The minimum absolute atomic E-state index is 0.0627. The lowest BCUT2D eigenvalue weighted by atomic mass is 10.1. The van der Waals surface area contributed by atoms with Gasteiger partial charge in [-0.05, 0) is 18.6 Å². The van der Waals surface area contributed by atoms with E-state index < -0.39 is 0 Å². The molecule has 3 rings (SSSR count). The second kappa shape index (κ2) is 8.40. The van der Waals surface area contributed by atoms with Crippen LogP contribution in [-0.4, -0.2) is 72.5 Å². The number of pyridine rings is 1. The summed E-state index contributed by atoms with van der Waals surface area (Å²) in [6.45, 7) is 7.75. The number of morpholine rings is 1. The van der Waals surface area contributed by atoms with E-state index in [2.05, 4.69) is 15.2 Å². The lowest BCUT2D eigenvalue weighted by Crippen LogP contribution is -2.42. The Morgan fingerprint density at radius 3 is 2.92 bits per heavy atom. The zero-order valence-electron chi connectivity index (χ0n) is 14.7. The van der Waals surface area contributed by atoms with Crippen LogP contribution in [0.3, 0.4) is 0 Å². The van der Waals surface area contributed by atoms with Crippen molar-refractivity contribution >= 4 is 11.8 Å². The summed E-state index contributed by atoms with van der Waals surface area (Å²) in [6.07, 6.45) is 2.02. The van der Waals surface area contributed by atoms with Gasteiger partial charge < -0.3 is 15.0 Å². The van der Waals surface area contributed by atoms with E-state index >= 15 is 0 Å². The van der Waals surface area contributed by atoms with E-state index in [4.69, 9.17) is 4.74 Å². The Kier molecular flexibility index (Phi) is 5.99. The summed E-state index contributed by atoms with van der Waals surface area (Å²) in [7, 11) is 0. The molecule has 7 heteroatoms. The van der Waals surface area contributed by atoms with Crippen LogP contribution in [0.15, 0.2) is 18.3 Å². The number of aromatic nitrogens is 1. The summed E-state index contributed by atoms with van der Waals surface area (Å²) >= 11 is 0. The van der Waals surface area contributed by atoms with Gasteiger partial charge in [0.1, 0.15) is 0 Å². The zero-order valence-corrected chi connectivity index (χ0v) is 14.7. The van der Waals surface area contributed by atoms with Gasteiger partial charge >= 0.3 is 0 Å². The van der Waals surface area contributed by atoms with Gasteiger partial charge in [-0.1, -0.05) is 6.07 Å². The van der Waals surface area contributed by atoms with Gasteiger partial charge in [-0.15, -0.1) is 0 Å². The van der Waals surface area contributed by atoms with Gasteiger partial charge in [-0.3, -0.25) is 19.5 Å². The number of aryl methyl sites for hydroxylation is 1. The molecule has 0 saturated carbocycles. The van der Waals surface area contributed by atoms with Gasteiger partial charge in [0, 0.05) is 45.3 Å². The molecule has 1 aromatic heterocycles. The van der Waals surface area contributed by atoms with Crippen molar-refractivity contribution in [1.29, 1.82) is 0 Å². The molecule has 0 spiro atoms. The number of carbonyl (C=O) groups is 2. The second-order valence-electron chi connectivity index (χ2n) is 6.68. The highest BCUT2D eigenvalue weighted by Crippen LogP contribution is 2.18. The maximum absolute atomic E-state index is 12.4. The molecule has 2 aliphatic rings. The molecule has 2 aliphatic heterocycles. The van der Waals surface area contributed by atoms with E-state index in [0.29, 0.717) is 26.1 Å². The van der Waals surface area contributed by atoms with E-state index in [-0.39, 0.29) is 17.7 Å². The van der Waals surface area contributed by atoms with E-state index in [1.165, 1.54) is 0 Å².